The fourth-order valence-electron chi connectivity index (χ4n) is 4.40. The van der Waals surface area contributed by atoms with E-state index in [2.05, 4.69) is 5.32 Å². The average Bonchev–Trinajstić information content (AvgIpc) is 3.42. The van der Waals surface area contributed by atoms with Crippen molar-refractivity contribution >= 4 is 11.8 Å². The second kappa shape index (κ2) is 9.17. The summed E-state index contributed by atoms with van der Waals surface area (Å²) < 4.78 is 5.36. The van der Waals surface area contributed by atoms with Crippen LogP contribution in [0.5, 0.6) is 0 Å². The Labute approximate surface area is 192 Å². The van der Waals surface area contributed by atoms with Gasteiger partial charge in [-0.1, -0.05) is 84.9 Å². The van der Waals surface area contributed by atoms with E-state index in [0.717, 1.165) is 22.3 Å². The molecule has 5 nitrogen and oxygen atoms in total. The molecule has 1 N–H and O–H groups in total. The van der Waals surface area contributed by atoms with E-state index < -0.39 is 6.04 Å². The molecule has 0 spiro atoms. The van der Waals surface area contributed by atoms with Crippen molar-refractivity contribution in [3.8, 4) is 0 Å². The van der Waals surface area contributed by atoms with Crippen molar-refractivity contribution in [2.75, 3.05) is 0 Å². The molecule has 0 fully saturated rings. The van der Waals surface area contributed by atoms with Gasteiger partial charge in [-0.2, -0.15) is 0 Å². The smallest absolute Gasteiger partial charge is 0.290 e. The van der Waals surface area contributed by atoms with Crippen LogP contribution >= 0.6 is 0 Å². The second-order valence-corrected chi connectivity index (χ2v) is 8.16. The lowest BCUT2D eigenvalue weighted by Crippen LogP contribution is -2.53. The van der Waals surface area contributed by atoms with Crippen LogP contribution in [0.2, 0.25) is 0 Å². The molecule has 33 heavy (non-hydrogen) atoms. The van der Waals surface area contributed by atoms with Crippen LogP contribution in [-0.2, 0) is 17.8 Å². The Balaban J connectivity index is 1.48. The largest absolute Gasteiger partial charge is 0.459 e. The van der Waals surface area contributed by atoms with Crippen molar-refractivity contribution in [2.45, 2.75) is 25.0 Å². The number of benzene rings is 3. The van der Waals surface area contributed by atoms with Gasteiger partial charge in [0.1, 0.15) is 6.04 Å². The average molecular weight is 437 g/mol. The van der Waals surface area contributed by atoms with Crippen LogP contribution in [0.25, 0.3) is 0 Å². The molecule has 1 atom stereocenters. The Morgan fingerprint density at radius 1 is 0.788 bits per heavy atom. The Morgan fingerprint density at radius 3 is 2.00 bits per heavy atom. The summed E-state index contributed by atoms with van der Waals surface area (Å²) in [5.74, 6) is -0.248. The molecule has 5 heteroatoms. The number of hydrogen-bond donors (Lipinski definition) is 1. The molecule has 3 aromatic carbocycles. The molecule has 0 aliphatic carbocycles. The highest BCUT2D eigenvalue weighted by atomic mass is 16.3. The van der Waals surface area contributed by atoms with Crippen molar-refractivity contribution in [1.82, 2.24) is 10.2 Å². The Morgan fingerprint density at radius 2 is 1.39 bits per heavy atom. The van der Waals surface area contributed by atoms with E-state index in [1.807, 2.05) is 84.9 Å². The zero-order chi connectivity index (χ0) is 22.6. The van der Waals surface area contributed by atoms with Crippen molar-refractivity contribution in [2.24, 2.45) is 0 Å². The van der Waals surface area contributed by atoms with Crippen LogP contribution in [0.4, 0.5) is 0 Å². The van der Waals surface area contributed by atoms with E-state index in [1.54, 1.807) is 17.0 Å². The minimum absolute atomic E-state index is 0.192. The molecule has 0 radical (unpaired) electrons. The lowest BCUT2D eigenvalue weighted by atomic mass is 9.92. The third-order valence-corrected chi connectivity index (χ3v) is 6.10. The van der Waals surface area contributed by atoms with Gasteiger partial charge in [0.2, 0.25) is 5.91 Å². The van der Waals surface area contributed by atoms with Crippen molar-refractivity contribution < 1.29 is 14.0 Å². The molecule has 1 aliphatic rings. The van der Waals surface area contributed by atoms with Gasteiger partial charge in [0.25, 0.3) is 5.91 Å². The third kappa shape index (κ3) is 4.30. The first-order chi connectivity index (χ1) is 16.2. The molecule has 0 unspecified atom stereocenters. The second-order valence-electron chi connectivity index (χ2n) is 8.16. The van der Waals surface area contributed by atoms with Gasteiger partial charge in [0, 0.05) is 13.0 Å². The number of nitrogens with one attached hydrogen (secondary N) is 1. The number of fused-ring (bicyclic) bond motifs is 1. The molecule has 1 aliphatic heterocycles. The Kier molecular flexibility index (Phi) is 5.77. The van der Waals surface area contributed by atoms with Crippen LogP contribution in [-0.4, -0.2) is 22.8 Å². The van der Waals surface area contributed by atoms with Gasteiger partial charge < -0.3 is 14.6 Å². The summed E-state index contributed by atoms with van der Waals surface area (Å²) in [5, 5.41) is 3.22. The maximum Gasteiger partial charge on any atom is 0.290 e. The number of carbonyl (C=O) groups excluding carboxylic acids is 2. The monoisotopic (exact) mass is 436 g/mol. The number of nitrogens with zero attached hydrogens (tertiary/aromatic N) is 1. The highest BCUT2D eigenvalue weighted by Crippen LogP contribution is 2.27. The van der Waals surface area contributed by atoms with Gasteiger partial charge in [0.05, 0.1) is 12.3 Å². The van der Waals surface area contributed by atoms with E-state index in [1.165, 1.54) is 6.26 Å². The lowest BCUT2D eigenvalue weighted by molar-refractivity contribution is -0.126. The maximum absolute atomic E-state index is 13.7. The fraction of sp³-hybridized carbons (Fsp3) is 0.143. The Hall–Kier alpha value is -4.12. The maximum atomic E-state index is 13.7. The van der Waals surface area contributed by atoms with E-state index in [-0.39, 0.29) is 23.6 Å². The molecule has 4 aromatic rings. The summed E-state index contributed by atoms with van der Waals surface area (Å²) in [5.41, 5.74) is 4.09. The number of rotatable bonds is 5. The standard InChI is InChI=1S/C28H24N2O3/c31-27(29-26(20-10-3-1-4-11-20)21-12-5-2-6-13-21)24-18-22-14-7-8-15-23(22)19-30(24)28(32)25-16-9-17-33-25/h1-17,24,26H,18-19H2,(H,29,31)/t24-/m0/s1. The third-order valence-electron chi connectivity index (χ3n) is 6.10. The van der Waals surface area contributed by atoms with E-state index in [9.17, 15) is 9.59 Å². The first-order valence-electron chi connectivity index (χ1n) is 11.0. The predicted molar refractivity (Wildman–Crippen MR) is 125 cm³/mol. The van der Waals surface area contributed by atoms with Gasteiger partial charge >= 0.3 is 0 Å². The summed E-state index contributed by atoms with van der Waals surface area (Å²) in [4.78, 5) is 28.6. The molecule has 5 rings (SSSR count). The van der Waals surface area contributed by atoms with Crippen LogP contribution < -0.4 is 5.32 Å². The fourth-order valence-corrected chi connectivity index (χ4v) is 4.40. The first-order valence-corrected chi connectivity index (χ1v) is 11.0. The lowest BCUT2D eigenvalue weighted by Gasteiger charge is -2.36. The molecule has 0 saturated carbocycles. The molecule has 0 saturated heterocycles. The molecular weight excluding hydrogens is 412 g/mol. The predicted octanol–water partition coefficient (Wildman–Crippen LogP) is 4.75. The van der Waals surface area contributed by atoms with Crippen LogP contribution in [0.1, 0.15) is 38.9 Å². The minimum Gasteiger partial charge on any atom is -0.459 e. The Bertz CT molecular complexity index is 1200. The summed E-state index contributed by atoms with van der Waals surface area (Å²) >= 11 is 0. The summed E-state index contributed by atoms with van der Waals surface area (Å²) in [6.45, 7) is 0.356. The molecule has 164 valence electrons. The normalized spacial score (nSPS) is 15.2. The van der Waals surface area contributed by atoms with Gasteiger partial charge in [-0.05, 0) is 34.4 Å². The van der Waals surface area contributed by atoms with E-state index >= 15 is 0 Å². The quantitative estimate of drug-likeness (QED) is 0.491. The molecule has 0 bridgehead atoms. The first kappa shape index (κ1) is 20.8. The van der Waals surface area contributed by atoms with Crippen LogP contribution in [0, 0.1) is 0 Å². The summed E-state index contributed by atoms with van der Waals surface area (Å²) in [6.07, 6.45) is 1.92. The van der Waals surface area contributed by atoms with Gasteiger partial charge in [0.15, 0.2) is 5.76 Å². The zero-order valence-corrected chi connectivity index (χ0v) is 18.1. The molecular formula is C28H24N2O3. The number of furan rings is 1. The van der Waals surface area contributed by atoms with Crippen LogP contribution in [0.15, 0.2) is 108 Å². The SMILES string of the molecule is O=C(NC(c1ccccc1)c1ccccc1)[C@@H]1Cc2ccccc2CN1C(=O)c1ccco1. The topological polar surface area (TPSA) is 62.6 Å². The number of amides is 2. The van der Waals surface area contributed by atoms with Crippen LogP contribution in [0.3, 0.4) is 0 Å². The molecule has 2 amide bonds. The van der Waals surface area contributed by atoms with Gasteiger partial charge in [-0.3, -0.25) is 9.59 Å². The minimum atomic E-state index is -0.646. The van der Waals surface area contributed by atoms with Crippen molar-refractivity contribution in [3.05, 3.63) is 131 Å². The zero-order valence-electron chi connectivity index (χ0n) is 18.1. The summed E-state index contributed by atoms with van der Waals surface area (Å²) in [6, 6.07) is 30.0. The number of carbonyl (C=O) groups is 2. The van der Waals surface area contributed by atoms with E-state index in [4.69, 9.17) is 4.42 Å². The number of hydrogen-bond acceptors (Lipinski definition) is 3. The van der Waals surface area contributed by atoms with Crippen molar-refractivity contribution in [1.29, 1.82) is 0 Å². The van der Waals surface area contributed by atoms with Gasteiger partial charge in [-0.25, -0.2) is 0 Å². The van der Waals surface area contributed by atoms with E-state index in [0.29, 0.717) is 13.0 Å². The highest BCUT2D eigenvalue weighted by molar-refractivity contribution is 5.96. The molecule has 2 heterocycles. The highest BCUT2D eigenvalue weighted by Gasteiger charge is 2.37. The summed E-state index contributed by atoms with van der Waals surface area (Å²) in [7, 11) is 0. The van der Waals surface area contributed by atoms with Crippen molar-refractivity contribution in [3.63, 3.8) is 0 Å². The molecule has 1 aromatic heterocycles. The van der Waals surface area contributed by atoms with Gasteiger partial charge in [-0.15, -0.1) is 0 Å².